The Kier molecular flexibility index (Phi) is 3.11. The molecule has 2 N–H and O–H groups in total. The third-order valence-electron chi connectivity index (χ3n) is 5.56. The Balaban J connectivity index is 0.000000478. The topological polar surface area (TPSA) is 40.5 Å². The summed E-state index contributed by atoms with van der Waals surface area (Å²) < 4.78 is 0. The van der Waals surface area contributed by atoms with Gasteiger partial charge in [0.1, 0.15) is 0 Å². The van der Waals surface area contributed by atoms with Crippen LogP contribution < -0.4 is 0 Å². The zero-order valence-electron chi connectivity index (χ0n) is 11.2. The molecule has 0 radical (unpaired) electrons. The lowest BCUT2D eigenvalue weighted by atomic mass is 9.75. The number of aliphatic hydroxyl groups is 2. The largest absolute Gasteiger partial charge is 0.400 e. The van der Waals surface area contributed by atoms with Gasteiger partial charge in [-0.1, -0.05) is 18.2 Å². The van der Waals surface area contributed by atoms with Crippen LogP contribution in [0.15, 0.2) is 23.8 Å². The Morgan fingerprint density at radius 3 is 2.50 bits per heavy atom. The molecule has 2 nitrogen and oxygen atoms in total. The third-order valence-corrected chi connectivity index (χ3v) is 5.56. The van der Waals surface area contributed by atoms with Gasteiger partial charge in [-0.25, -0.2) is 0 Å². The maximum atomic E-state index is 10.7. The summed E-state index contributed by atoms with van der Waals surface area (Å²) >= 11 is 0. The number of hydrogen-bond acceptors (Lipinski definition) is 2. The molecule has 2 saturated carbocycles. The molecule has 0 aromatic rings. The van der Waals surface area contributed by atoms with E-state index in [0.717, 1.165) is 24.9 Å². The van der Waals surface area contributed by atoms with Crippen molar-refractivity contribution in [3.05, 3.63) is 23.8 Å². The minimum Gasteiger partial charge on any atom is -0.400 e. The SMILES string of the molecule is CO.OC(C1=CC2CCC1C2)C12C=CC(CC1)C2. The van der Waals surface area contributed by atoms with Gasteiger partial charge in [-0.15, -0.1) is 0 Å². The summed E-state index contributed by atoms with van der Waals surface area (Å²) in [5, 5.41) is 17.7. The highest BCUT2D eigenvalue weighted by Gasteiger charge is 2.49. The molecule has 0 saturated heterocycles. The van der Waals surface area contributed by atoms with Gasteiger partial charge in [-0.2, -0.15) is 0 Å². The number of fused-ring (bicyclic) bond motifs is 4. The lowest BCUT2D eigenvalue weighted by Crippen LogP contribution is -2.33. The fourth-order valence-electron chi connectivity index (χ4n) is 4.65. The molecule has 0 heterocycles. The van der Waals surface area contributed by atoms with Crippen molar-refractivity contribution in [3.63, 3.8) is 0 Å². The summed E-state index contributed by atoms with van der Waals surface area (Å²) in [6, 6.07) is 0. The molecular weight excluding hydrogens is 224 g/mol. The van der Waals surface area contributed by atoms with Gasteiger partial charge in [-0.05, 0) is 61.9 Å². The number of allylic oxidation sites excluding steroid dienone is 2. The molecule has 2 fully saturated rings. The van der Waals surface area contributed by atoms with Gasteiger partial charge >= 0.3 is 0 Å². The van der Waals surface area contributed by atoms with Gasteiger partial charge in [0.25, 0.3) is 0 Å². The van der Waals surface area contributed by atoms with Crippen LogP contribution in [-0.4, -0.2) is 23.4 Å². The fraction of sp³-hybridized carbons (Fsp3) is 0.750. The monoisotopic (exact) mass is 248 g/mol. The lowest BCUT2D eigenvalue weighted by Gasteiger charge is -2.33. The van der Waals surface area contributed by atoms with Crippen LogP contribution >= 0.6 is 0 Å². The lowest BCUT2D eigenvalue weighted by molar-refractivity contribution is 0.0873. The molecule has 0 amide bonds. The summed E-state index contributed by atoms with van der Waals surface area (Å²) in [6.07, 6.45) is 14.7. The van der Waals surface area contributed by atoms with Crippen LogP contribution in [0.4, 0.5) is 0 Å². The van der Waals surface area contributed by atoms with Crippen LogP contribution in [0.2, 0.25) is 0 Å². The second kappa shape index (κ2) is 4.50. The molecule has 5 atom stereocenters. The molecule has 2 heteroatoms. The van der Waals surface area contributed by atoms with Gasteiger partial charge in [-0.3, -0.25) is 0 Å². The summed E-state index contributed by atoms with van der Waals surface area (Å²) in [5.41, 5.74) is 1.55. The average Bonchev–Trinajstić information content (AvgIpc) is 3.19. The number of aliphatic hydroxyl groups excluding tert-OH is 2. The van der Waals surface area contributed by atoms with Crippen molar-refractivity contribution in [2.75, 3.05) is 7.11 Å². The molecule has 0 spiro atoms. The van der Waals surface area contributed by atoms with Gasteiger partial charge in [0.05, 0.1) is 6.10 Å². The van der Waals surface area contributed by atoms with Gasteiger partial charge in [0.15, 0.2) is 0 Å². The van der Waals surface area contributed by atoms with E-state index in [1.54, 1.807) is 0 Å². The van der Waals surface area contributed by atoms with Gasteiger partial charge in [0.2, 0.25) is 0 Å². The van der Waals surface area contributed by atoms with E-state index in [1.807, 2.05) is 0 Å². The predicted octanol–water partition coefficient (Wildman–Crippen LogP) is 2.67. The normalized spacial score (nSPS) is 44.8. The Morgan fingerprint density at radius 1 is 1.22 bits per heavy atom. The average molecular weight is 248 g/mol. The molecule has 5 unspecified atom stereocenters. The van der Waals surface area contributed by atoms with Crippen molar-refractivity contribution in [2.45, 2.75) is 44.6 Å². The first-order chi connectivity index (χ1) is 8.77. The quantitative estimate of drug-likeness (QED) is 0.738. The van der Waals surface area contributed by atoms with Crippen molar-refractivity contribution in [3.8, 4) is 0 Å². The third kappa shape index (κ3) is 1.70. The van der Waals surface area contributed by atoms with Gasteiger partial charge < -0.3 is 10.2 Å². The maximum absolute atomic E-state index is 10.7. The van der Waals surface area contributed by atoms with E-state index in [9.17, 15) is 5.11 Å². The molecule has 0 aromatic heterocycles. The van der Waals surface area contributed by atoms with Crippen LogP contribution in [0, 0.1) is 23.2 Å². The first-order valence-corrected chi connectivity index (χ1v) is 7.31. The van der Waals surface area contributed by atoms with Gasteiger partial charge in [0, 0.05) is 12.5 Å². The van der Waals surface area contributed by atoms with Crippen molar-refractivity contribution in [2.24, 2.45) is 23.2 Å². The van der Waals surface area contributed by atoms with E-state index in [2.05, 4.69) is 18.2 Å². The molecule has 0 aliphatic heterocycles. The zero-order chi connectivity index (χ0) is 12.8. The highest BCUT2D eigenvalue weighted by atomic mass is 16.3. The molecule has 4 rings (SSSR count). The molecule has 4 aliphatic carbocycles. The van der Waals surface area contributed by atoms with Crippen LogP contribution in [0.5, 0.6) is 0 Å². The van der Waals surface area contributed by atoms with E-state index in [-0.39, 0.29) is 11.5 Å². The molecule has 18 heavy (non-hydrogen) atoms. The van der Waals surface area contributed by atoms with E-state index in [0.29, 0.717) is 0 Å². The highest BCUT2D eigenvalue weighted by Crippen LogP contribution is 2.56. The molecule has 100 valence electrons. The number of hydrogen-bond donors (Lipinski definition) is 2. The van der Waals surface area contributed by atoms with E-state index < -0.39 is 0 Å². The minimum atomic E-state index is -0.161. The van der Waals surface area contributed by atoms with Crippen molar-refractivity contribution in [1.82, 2.24) is 0 Å². The Bertz CT molecular complexity index is 385. The maximum Gasteiger partial charge on any atom is 0.0843 e. The molecule has 0 aromatic carbocycles. The van der Waals surface area contributed by atoms with Crippen LogP contribution in [-0.2, 0) is 0 Å². The summed E-state index contributed by atoms with van der Waals surface area (Å²) in [7, 11) is 1.00. The second-order valence-corrected chi connectivity index (χ2v) is 6.43. The molecule has 4 aliphatic rings. The molecule has 4 bridgehead atoms. The Hall–Kier alpha value is -0.600. The van der Waals surface area contributed by atoms with Crippen molar-refractivity contribution >= 4 is 0 Å². The smallest absolute Gasteiger partial charge is 0.0843 e. The van der Waals surface area contributed by atoms with Crippen molar-refractivity contribution < 1.29 is 10.2 Å². The standard InChI is InChI=1S/C15H20O.CH4O/c16-14(13-8-11-1-2-12(13)7-11)15-5-3-10(9-15)4-6-15;1-2/h3,5,8,10-12,14,16H,1-2,4,6-7,9H2;2H,1H3. The van der Waals surface area contributed by atoms with Crippen LogP contribution in [0.1, 0.15) is 38.5 Å². The molecular formula is C16H24O2. The summed E-state index contributed by atoms with van der Waals surface area (Å²) in [5.74, 6) is 2.30. The predicted molar refractivity (Wildman–Crippen MR) is 72.0 cm³/mol. The Morgan fingerprint density at radius 2 is 2.06 bits per heavy atom. The van der Waals surface area contributed by atoms with Crippen LogP contribution in [0.25, 0.3) is 0 Å². The summed E-state index contributed by atoms with van der Waals surface area (Å²) in [6.45, 7) is 0. The first kappa shape index (κ1) is 12.4. The minimum absolute atomic E-state index is 0.140. The Labute approximate surface area is 109 Å². The second-order valence-electron chi connectivity index (χ2n) is 6.43. The first-order valence-electron chi connectivity index (χ1n) is 7.31. The van der Waals surface area contributed by atoms with E-state index in [4.69, 9.17) is 5.11 Å². The van der Waals surface area contributed by atoms with E-state index >= 15 is 0 Å². The zero-order valence-corrected chi connectivity index (χ0v) is 11.2. The highest BCUT2D eigenvalue weighted by molar-refractivity contribution is 5.31. The van der Waals surface area contributed by atoms with E-state index in [1.165, 1.54) is 44.1 Å². The van der Waals surface area contributed by atoms with Crippen LogP contribution in [0.3, 0.4) is 0 Å². The van der Waals surface area contributed by atoms with Crippen molar-refractivity contribution in [1.29, 1.82) is 0 Å². The number of rotatable bonds is 2. The summed E-state index contributed by atoms with van der Waals surface area (Å²) in [4.78, 5) is 0. The fourth-order valence-corrected chi connectivity index (χ4v) is 4.65.